The highest BCUT2D eigenvalue weighted by Gasteiger charge is 2.12. The molecule has 0 saturated heterocycles. The van der Waals surface area contributed by atoms with E-state index >= 15 is 0 Å². The van der Waals surface area contributed by atoms with Crippen LogP contribution in [0.3, 0.4) is 0 Å². The van der Waals surface area contributed by atoms with Gasteiger partial charge in [-0.25, -0.2) is 0 Å². The predicted octanol–water partition coefficient (Wildman–Crippen LogP) is 7.02. The maximum absolute atomic E-state index is 12.5. The van der Waals surface area contributed by atoms with E-state index in [0.29, 0.717) is 44.4 Å². The zero-order chi connectivity index (χ0) is 20.8. The van der Waals surface area contributed by atoms with E-state index in [0.717, 1.165) is 5.56 Å². The molecule has 3 aromatic rings. The SMILES string of the molecule is COc1cccc(Oc2ccc(Cl)cc2NC(=O)CCc2ccc(Cl)cc2Cl)c1. The van der Waals surface area contributed by atoms with E-state index in [9.17, 15) is 4.79 Å². The van der Waals surface area contributed by atoms with Crippen LogP contribution in [0.25, 0.3) is 0 Å². The van der Waals surface area contributed by atoms with Crippen LogP contribution in [0.15, 0.2) is 60.7 Å². The van der Waals surface area contributed by atoms with Crippen molar-refractivity contribution in [3.8, 4) is 17.2 Å². The van der Waals surface area contributed by atoms with Gasteiger partial charge in [-0.05, 0) is 54.4 Å². The van der Waals surface area contributed by atoms with Crippen molar-refractivity contribution < 1.29 is 14.3 Å². The van der Waals surface area contributed by atoms with Crippen LogP contribution in [-0.2, 0) is 11.2 Å². The van der Waals surface area contributed by atoms with Crippen LogP contribution in [0.1, 0.15) is 12.0 Å². The summed E-state index contributed by atoms with van der Waals surface area (Å²) in [5.41, 5.74) is 1.33. The summed E-state index contributed by atoms with van der Waals surface area (Å²) < 4.78 is 11.1. The zero-order valence-corrected chi connectivity index (χ0v) is 17.8. The molecule has 0 aromatic heterocycles. The molecule has 0 aliphatic rings. The van der Waals surface area contributed by atoms with Crippen LogP contribution in [0.4, 0.5) is 5.69 Å². The van der Waals surface area contributed by atoms with Crippen molar-refractivity contribution in [3.05, 3.63) is 81.3 Å². The predicted molar refractivity (Wildman–Crippen MR) is 118 cm³/mol. The van der Waals surface area contributed by atoms with E-state index in [1.165, 1.54) is 0 Å². The van der Waals surface area contributed by atoms with Gasteiger partial charge in [-0.1, -0.05) is 46.9 Å². The number of benzene rings is 3. The Balaban J connectivity index is 1.70. The van der Waals surface area contributed by atoms with E-state index in [-0.39, 0.29) is 12.3 Å². The van der Waals surface area contributed by atoms with Crippen molar-refractivity contribution in [2.24, 2.45) is 0 Å². The van der Waals surface area contributed by atoms with Gasteiger partial charge < -0.3 is 14.8 Å². The van der Waals surface area contributed by atoms with Crippen LogP contribution in [-0.4, -0.2) is 13.0 Å². The molecule has 3 rings (SSSR count). The van der Waals surface area contributed by atoms with Crippen molar-refractivity contribution in [2.45, 2.75) is 12.8 Å². The fourth-order valence-electron chi connectivity index (χ4n) is 2.67. The molecule has 0 bridgehead atoms. The number of anilines is 1. The summed E-state index contributed by atoms with van der Waals surface area (Å²) in [6.07, 6.45) is 0.723. The lowest BCUT2D eigenvalue weighted by Crippen LogP contribution is -2.13. The van der Waals surface area contributed by atoms with Crippen molar-refractivity contribution in [1.82, 2.24) is 0 Å². The van der Waals surface area contributed by atoms with Crippen molar-refractivity contribution in [2.75, 3.05) is 12.4 Å². The Kier molecular flexibility index (Phi) is 7.26. The zero-order valence-electron chi connectivity index (χ0n) is 15.5. The van der Waals surface area contributed by atoms with Gasteiger partial charge in [0.15, 0.2) is 5.75 Å². The summed E-state index contributed by atoms with van der Waals surface area (Å²) in [6.45, 7) is 0. The summed E-state index contributed by atoms with van der Waals surface area (Å²) in [7, 11) is 1.58. The smallest absolute Gasteiger partial charge is 0.224 e. The Hall–Kier alpha value is -2.40. The summed E-state index contributed by atoms with van der Waals surface area (Å²) in [6, 6.07) is 17.4. The van der Waals surface area contributed by atoms with Gasteiger partial charge in [-0.2, -0.15) is 0 Å². The van der Waals surface area contributed by atoms with Gasteiger partial charge in [-0.15, -0.1) is 0 Å². The quantitative estimate of drug-likeness (QED) is 0.421. The lowest BCUT2D eigenvalue weighted by Gasteiger charge is -2.13. The fourth-order valence-corrected chi connectivity index (χ4v) is 3.34. The summed E-state index contributed by atoms with van der Waals surface area (Å²) in [4.78, 5) is 12.5. The molecule has 4 nitrogen and oxygen atoms in total. The summed E-state index contributed by atoms with van der Waals surface area (Å²) >= 11 is 18.2. The Labute approximate surface area is 184 Å². The van der Waals surface area contributed by atoms with Crippen molar-refractivity contribution in [1.29, 1.82) is 0 Å². The highest BCUT2D eigenvalue weighted by molar-refractivity contribution is 6.35. The molecule has 0 radical (unpaired) electrons. The molecule has 1 N–H and O–H groups in total. The van der Waals surface area contributed by atoms with Crippen LogP contribution in [0.5, 0.6) is 17.2 Å². The van der Waals surface area contributed by atoms with Crippen LogP contribution >= 0.6 is 34.8 Å². The molecule has 0 spiro atoms. The maximum Gasteiger partial charge on any atom is 0.224 e. The summed E-state index contributed by atoms with van der Waals surface area (Å²) in [5.74, 6) is 1.53. The average Bonchev–Trinajstić information content (AvgIpc) is 2.69. The van der Waals surface area contributed by atoms with E-state index in [2.05, 4.69) is 5.32 Å². The molecule has 7 heteroatoms. The van der Waals surface area contributed by atoms with E-state index in [1.807, 2.05) is 18.2 Å². The van der Waals surface area contributed by atoms with Gasteiger partial charge >= 0.3 is 0 Å². The second-order valence-electron chi connectivity index (χ2n) is 6.21. The Morgan fingerprint density at radius 3 is 2.41 bits per heavy atom. The highest BCUT2D eigenvalue weighted by Crippen LogP contribution is 2.33. The molecule has 29 heavy (non-hydrogen) atoms. The summed E-state index contributed by atoms with van der Waals surface area (Å²) in [5, 5.41) is 4.43. The number of methoxy groups -OCH3 is 1. The fraction of sp³-hybridized carbons (Fsp3) is 0.136. The Morgan fingerprint density at radius 2 is 1.66 bits per heavy atom. The number of carbonyl (C=O) groups is 1. The number of ether oxygens (including phenoxy) is 2. The lowest BCUT2D eigenvalue weighted by molar-refractivity contribution is -0.116. The number of aryl methyl sites for hydroxylation is 1. The molecule has 0 heterocycles. The average molecular weight is 451 g/mol. The number of rotatable bonds is 7. The van der Waals surface area contributed by atoms with Crippen LogP contribution in [0, 0.1) is 0 Å². The molecule has 0 atom stereocenters. The first-order valence-corrected chi connectivity index (χ1v) is 9.93. The third kappa shape index (κ3) is 6.04. The first kappa shape index (κ1) is 21.3. The van der Waals surface area contributed by atoms with Crippen molar-refractivity contribution in [3.63, 3.8) is 0 Å². The number of halogens is 3. The second-order valence-corrected chi connectivity index (χ2v) is 7.49. The number of hydrogen-bond donors (Lipinski definition) is 1. The van der Waals surface area contributed by atoms with Gasteiger partial charge in [0, 0.05) is 27.6 Å². The topological polar surface area (TPSA) is 47.6 Å². The molecule has 0 saturated carbocycles. The van der Waals surface area contributed by atoms with Gasteiger partial charge in [-0.3, -0.25) is 4.79 Å². The monoisotopic (exact) mass is 449 g/mol. The molecular formula is C22H18Cl3NO3. The lowest BCUT2D eigenvalue weighted by atomic mass is 10.1. The normalized spacial score (nSPS) is 10.5. The minimum atomic E-state index is -0.186. The number of hydrogen-bond acceptors (Lipinski definition) is 3. The van der Waals surface area contributed by atoms with Gasteiger partial charge in [0.1, 0.15) is 11.5 Å². The highest BCUT2D eigenvalue weighted by atomic mass is 35.5. The van der Waals surface area contributed by atoms with E-state index < -0.39 is 0 Å². The minimum Gasteiger partial charge on any atom is -0.497 e. The Bertz CT molecular complexity index is 1020. The van der Waals surface area contributed by atoms with Crippen molar-refractivity contribution >= 4 is 46.4 Å². The number of nitrogens with one attached hydrogen (secondary N) is 1. The van der Waals surface area contributed by atoms with E-state index in [4.69, 9.17) is 44.3 Å². The largest absolute Gasteiger partial charge is 0.497 e. The molecule has 1 amide bonds. The van der Waals surface area contributed by atoms with E-state index in [1.54, 1.807) is 49.6 Å². The third-order valence-electron chi connectivity index (χ3n) is 4.12. The first-order chi connectivity index (χ1) is 13.9. The number of amides is 1. The standard InChI is InChI=1S/C22H18Cl3NO3/c1-28-17-3-2-4-18(13-17)29-21-9-8-16(24)12-20(21)26-22(27)10-6-14-5-7-15(23)11-19(14)25/h2-5,7-9,11-13H,6,10H2,1H3,(H,26,27). The molecule has 3 aromatic carbocycles. The molecule has 0 unspecified atom stereocenters. The molecule has 0 fully saturated rings. The number of carbonyl (C=O) groups excluding carboxylic acids is 1. The second kappa shape index (κ2) is 9.88. The first-order valence-electron chi connectivity index (χ1n) is 8.80. The van der Waals surface area contributed by atoms with Crippen LogP contribution in [0.2, 0.25) is 15.1 Å². The molecule has 0 aliphatic heterocycles. The molecule has 0 aliphatic carbocycles. The van der Waals surface area contributed by atoms with Crippen LogP contribution < -0.4 is 14.8 Å². The molecule has 150 valence electrons. The molecular weight excluding hydrogens is 433 g/mol. The minimum absolute atomic E-state index is 0.186. The Morgan fingerprint density at radius 1 is 0.931 bits per heavy atom. The van der Waals surface area contributed by atoms with Gasteiger partial charge in [0.2, 0.25) is 5.91 Å². The third-order valence-corrected chi connectivity index (χ3v) is 4.94. The maximum atomic E-state index is 12.5. The van der Waals surface area contributed by atoms with Gasteiger partial charge in [0.25, 0.3) is 0 Å². The van der Waals surface area contributed by atoms with Gasteiger partial charge in [0.05, 0.1) is 12.8 Å².